The molecule has 1 amide bonds. The highest BCUT2D eigenvalue weighted by Crippen LogP contribution is 2.20. The molecule has 0 heterocycles. The van der Waals surface area contributed by atoms with E-state index in [1.165, 1.54) is 18.2 Å². The predicted octanol–water partition coefficient (Wildman–Crippen LogP) is 3.76. The van der Waals surface area contributed by atoms with Gasteiger partial charge in [-0.25, -0.2) is 8.78 Å². The van der Waals surface area contributed by atoms with Crippen LogP contribution in [0.1, 0.15) is 18.1 Å². The van der Waals surface area contributed by atoms with Crippen LogP contribution in [-0.4, -0.2) is 23.9 Å². The third-order valence-corrected chi connectivity index (χ3v) is 4.01. The van der Waals surface area contributed by atoms with E-state index in [1.807, 2.05) is 6.92 Å². The van der Waals surface area contributed by atoms with Gasteiger partial charge in [-0.15, -0.1) is 0 Å². The molecular weight excluding hydrogens is 334 g/mol. The van der Waals surface area contributed by atoms with Crippen LogP contribution in [-0.2, 0) is 17.9 Å². The normalized spacial score (nSPS) is 10.9. The van der Waals surface area contributed by atoms with Crippen LogP contribution in [0.15, 0.2) is 42.5 Å². The first-order valence-corrected chi connectivity index (χ1v) is 8.03. The SMILES string of the molecule is CCN(CC(=O)NCc1ccc(F)cc1)Cc1c(F)cccc1Cl. The highest BCUT2D eigenvalue weighted by Gasteiger charge is 2.14. The zero-order valence-electron chi connectivity index (χ0n) is 13.4. The number of nitrogens with zero attached hydrogens (tertiary/aromatic N) is 1. The van der Waals surface area contributed by atoms with Gasteiger partial charge in [0.05, 0.1) is 6.54 Å². The lowest BCUT2D eigenvalue weighted by Crippen LogP contribution is -2.36. The quantitative estimate of drug-likeness (QED) is 0.823. The van der Waals surface area contributed by atoms with Gasteiger partial charge in [0.25, 0.3) is 0 Å². The lowest BCUT2D eigenvalue weighted by molar-refractivity contribution is -0.122. The summed E-state index contributed by atoms with van der Waals surface area (Å²) < 4.78 is 26.7. The van der Waals surface area contributed by atoms with Gasteiger partial charge in [-0.05, 0) is 36.4 Å². The van der Waals surface area contributed by atoms with E-state index < -0.39 is 0 Å². The fraction of sp³-hybridized carbons (Fsp3) is 0.278. The number of carbonyl (C=O) groups is 1. The molecule has 2 aromatic carbocycles. The number of hydrogen-bond donors (Lipinski definition) is 1. The Balaban J connectivity index is 1.90. The van der Waals surface area contributed by atoms with Crippen molar-refractivity contribution in [2.24, 2.45) is 0 Å². The number of rotatable bonds is 7. The first-order chi connectivity index (χ1) is 11.5. The average Bonchev–Trinajstić information content (AvgIpc) is 2.56. The van der Waals surface area contributed by atoms with Gasteiger partial charge in [0.1, 0.15) is 11.6 Å². The lowest BCUT2D eigenvalue weighted by atomic mass is 10.2. The van der Waals surface area contributed by atoms with Gasteiger partial charge >= 0.3 is 0 Å². The van der Waals surface area contributed by atoms with Crippen LogP contribution < -0.4 is 5.32 Å². The molecule has 6 heteroatoms. The Labute approximate surface area is 145 Å². The highest BCUT2D eigenvalue weighted by molar-refractivity contribution is 6.31. The summed E-state index contributed by atoms with van der Waals surface area (Å²) in [4.78, 5) is 13.9. The van der Waals surface area contributed by atoms with E-state index in [9.17, 15) is 13.6 Å². The van der Waals surface area contributed by atoms with Gasteiger partial charge in [0.15, 0.2) is 0 Å². The molecule has 2 rings (SSSR count). The Morgan fingerprint density at radius 2 is 1.88 bits per heavy atom. The second-order valence-corrected chi connectivity index (χ2v) is 5.81. The molecule has 0 unspecified atom stereocenters. The van der Waals surface area contributed by atoms with Crippen LogP contribution in [0.25, 0.3) is 0 Å². The van der Waals surface area contributed by atoms with Crippen molar-refractivity contribution in [2.75, 3.05) is 13.1 Å². The van der Waals surface area contributed by atoms with Crippen molar-refractivity contribution in [3.63, 3.8) is 0 Å². The Morgan fingerprint density at radius 3 is 2.50 bits per heavy atom. The molecule has 0 atom stereocenters. The first-order valence-electron chi connectivity index (χ1n) is 7.66. The smallest absolute Gasteiger partial charge is 0.234 e. The molecule has 0 aliphatic carbocycles. The van der Waals surface area contributed by atoms with Crippen molar-refractivity contribution >= 4 is 17.5 Å². The van der Waals surface area contributed by atoms with Gasteiger partial charge in [-0.2, -0.15) is 0 Å². The molecule has 2 aromatic rings. The van der Waals surface area contributed by atoms with Crippen molar-refractivity contribution in [1.29, 1.82) is 0 Å². The maximum absolute atomic E-state index is 13.8. The third kappa shape index (κ3) is 5.28. The first kappa shape index (κ1) is 18.4. The molecule has 0 bridgehead atoms. The van der Waals surface area contributed by atoms with Crippen molar-refractivity contribution in [2.45, 2.75) is 20.0 Å². The van der Waals surface area contributed by atoms with Crippen LogP contribution in [0.4, 0.5) is 8.78 Å². The van der Waals surface area contributed by atoms with E-state index in [4.69, 9.17) is 11.6 Å². The van der Waals surface area contributed by atoms with Gasteiger partial charge in [-0.1, -0.05) is 36.7 Å². The highest BCUT2D eigenvalue weighted by atomic mass is 35.5. The van der Waals surface area contributed by atoms with Crippen LogP contribution in [0.3, 0.4) is 0 Å². The maximum atomic E-state index is 13.8. The van der Waals surface area contributed by atoms with Crippen LogP contribution in [0.5, 0.6) is 0 Å². The summed E-state index contributed by atoms with van der Waals surface area (Å²) in [5, 5.41) is 3.12. The van der Waals surface area contributed by atoms with E-state index in [0.29, 0.717) is 23.7 Å². The van der Waals surface area contributed by atoms with Crippen LogP contribution >= 0.6 is 11.6 Å². The Bertz CT molecular complexity index is 672. The van der Waals surface area contributed by atoms with Gasteiger partial charge < -0.3 is 5.32 Å². The van der Waals surface area contributed by atoms with Crippen molar-refractivity contribution in [3.05, 3.63) is 70.2 Å². The second-order valence-electron chi connectivity index (χ2n) is 5.41. The van der Waals surface area contributed by atoms with Crippen molar-refractivity contribution in [3.8, 4) is 0 Å². The summed E-state index contributed by atoms with van der Waals surface area (Å²) in [7, 11) is 0. The summed E-state index contributed by atoms with van der Waals surface area (Å²) in [6.07, 6.45) is 0. The Morgan fingerprint density at radius 1 is 1.17 bits per heavy atom. The third-order valence-electron chi connectivity index (χ3n) is 3.66. The molecule has 0 radical (unpaired) electrons. The molecule has 0 aliphatic heterocycles. The van der Waals surface area contributed by atoms with E-state index in [0.717, 1.165) is 5.56 Å². The number of carbonyl (C=O) groups excluding carboxylic acids is 1. The van der Waals surface area contributed by atoms with Crippen molar-refractivity contribution < 1.29 is 13.6 Å². The largest absolute Gasteiger partial charge is 0.351 e. The number of hydrogen-bond acceptors (Lipinski definition) is 2. The van der Waals surface area contributed by atoms with E-state index in [-0.39, 0.29) is 30.6 Å². The summed E-state index contributed by atoms with van der Waals surface area (Å²) in [6, 6.07) is 10.5. The predicted molar refractivity (Wildman–Crippen MR) is 90.6 cm³/mol. The number of amides is 1. The molecule has 0 aromatic heterocycles. The summed E-state index contributed by atoms with van der Waals surface area (Å²) in [6.45, 7) is 3.17. The molecule has 0 saturated carbocycles. The number of likely N-dealkylation sites (N-methyl/N-ethyl adjacent to an activating group) is 1. The summed E-state index contributed by atoms with van der Waals surface area (Å²) in [5.41, 5.74) is 1.19. The molecule has 0 fully saturated rings. The summed E-state index contributed by atoms with van der Waals surface area (Å²) >= 11 is 6.02. The molecule has 1 N–H and O–H groups in total. The molecule has 0 saturated heterocycles. The topological polar surface area (TPSA) is 32.3 Å². The second kappa shape index (κ2) is 8.76. The molecule has 128 valence electrons. The lowest BCUT2D eigenvalue weighted by Gasteiger charge is -2.21. The fourth-order valence-electron chi connectivity index (χ4n) is 2.25. The van der Waals surface area contributed by atoms with Crippen molar-refractivity contribution in [1.82, 2.24) is 10.2 Å². The van der Waals surface area contributed by atoms with Crippen LogP contribution in [0.2, 0.25) is 5.02 Å². The van der Waals surface area contributed by atoms with E-state index in [1.54, 1.807) is 29.2 Å². The Kier molecular flexibility index (Phi) is 6.70. The minimum absolute atomic E-state index is 0.127. The zero-order valence-corrected chi connectivity index (χ0v) is 14.1. The number of benzene rings is 2. The minimum atomic E-state index is -0.382. The summed E-state index contributed by atoms with van der Waals surface area (Å²) in [5.74, 6) is -0.884. The molecule has 3 nitrogen and oxygen atoms in total. The molecule has 24 heavy (non-hydrogen) atoms. The van der Waals surface area contributed by atoms with E-state index >= 15 is 0 Å². The molecule has 0 spiro atoms. The average molecular weight is 353 g/mol. The minimum Gasteiger partial charge on any atom is -0.351 e. The van der Waals surface area contributed by atoms with Gasteiger partial charge in [0, 0.05) is 23.7 Å². The molecule has 0 aliphatic rings. The number of nitrogens with one attached hydrogen (secondary N) is 1. The molecular formula is C18H19ClF2N2O. The monoisotopic (exact) mass is 352 g/mol. The zero-order chi connectivity index (χ0) is 17.5. The van der Waals surface area contributed by atoms with Gasteiger partial charge in [-0.3, -0.25) is 9.69 Å². The fourth-order valence-corrected chi connectivity index (χ4v) is 2.47. The number of halogens is 3. The van der Waals surface area contributed by atoms with Crippen LogP contribution in [0, 0.1) is 11.6 Å². The van der Waals surface area contributed by atoms with E-state index in [2.05, 4.69) is 5.32 Å². The maximum Gasteiger partial charge on any atom is 0.234 e. The standard InChI is InChI=1S/C18H19ClF2N2O/c1-2-23(11-15-16(19)4-3-5-17(15)21)12-18(24)22-10-13-6-8-14(20)9-7-13/h3-9H,2,10-12H2,1H3,(H,22,24). The van der Waals surface area contributed by atoms with Gasteiger partial charge in [0.2, 0.25) is 5.91 Å². The Hall–Kier alpha value is -1.98.